The lowest BCUT2D eigenvalue weighted by Gasteiger charge is -2.35. The van der Waals surface area contributed by atoms with E-state index in [1.165, 1.54) is 6.20 Å². The Hall–Kier alpha value is -1.33. The molecule has 1 rings (SSSR count). The summed E-state index contributed by atoms with van der Waals surface area (Å²) < 4.78 is 0. The molecule has 0 aliphatic carbocycles. The second-order valence-corrected chi connectivity index (χ2v) is 6.38. The number of carboxylic acid groups (broad SMARTS) is 1. The quantitative estimate of drug-likeness (QED) is 0.835. The molecule has 20 heavy (non-hydrogen) atoms. The van der Waals surface area contributed by atoms with Gasteiger partial charge in [0.1, 0.15) is 0 Å². The number of anilines is 1. The summed E-state index contributed by atoms with van der Waals surface area (Å²) in [5.74, 6) is -0.0668. The molecule has 2 N–H and O–H groups in total. The molecule has 1 heterocycles. The first kappa shape index (κ1) is 16.7. The van der Waals surface area contributed by atoms with E-state index >= 15 is 0 Å². The monoisotopic (exact) mass is 300 g/mol. The van der Waals surface area contributed by atoms with Gasteiger partial charge in [0.25, 0.3) is 0 Å². The second kappa shape index (κ2) is 5.97. The zero-order chi connectivity index (χ0) is 15.7. The summed E-state index contributed by atoms with van der Waals surface area (Å²) in [5.41, 5.74) is 0.0110. The van der Waals surface area contributed by atoms with Gasteiger partial charge in [0, 0.05) is 17.3 Å². The van der Waals surface area contributed by atoms with Gasteiger partial charge in [-0.15, -0.1) is 0 Å². The number of halogens is 1. The van der Waals surface area contributed by atoms with Crippen LogP contribution < -0.4 is 4.90 Å². The van der Waals surface area contributed by atoms with Crippen LogP contribution in [0.25, 0.3) is 0 Å². The lowest BCUT2D eigenvalue weighted by molar-refractivity contribution is 0.127. The molecule has 6 heteroatoms. The number of aliphatic hydroxyl groups excluding tert-OH is 1. The molecule has 1 aromatic rings. The first-order valence-electron chi connectivity index (χ1n) is 6.43. The van der Waals surface area contributed by atoms with Crippen molar-refractivity contribution in [3.05, 3.63) is 23.0 Å². The van der Waals surface area contributed by atoms with Crippen LogP contribution in [-0.4, -0.2) is 26.8 Å². The van der Waals surface area contributed by atoms with Crippen molar-refractivity contribution in [1.82, 2.24) is 4.98 Å². The highest BCUT2D eigenvalue weighted by Gasteiger charge is 2.33. The zero-order valence-corrected chi connectivity index (χ0v) is 13.1. The van der Waals surface area contributed by atoms with E-state index in [-0.39, 0.29) is 16.8 Å². The van der Waals surface area contributed by atoms with Crippen LogP contribution in [-0.2, 0) is 0 Å². The van der Waals surface area contributed by atoms with Crippen molar-refractivity contribution in [1.29, 1.82) is 0 Å². The summed E-state index contributed by atoms with van der Waals surface area (Å²) in [7, 11) is 0. The minimum atomic E-state index is -1.13. The Morgan fingerprint density at radius 3 is 2.35 bits per heavy atom. The van der Waals surface area contributed by atoms with Gasteiger partial charge >= 0.3 is 6.09 Å². The summed E-state index contributed by atoms with van der Waals surface area (Å²) in [6.45, 7) is 8.98. The van der Waals surface area contributed by atoms with Gasteiger partial charge in [0.05, 0.1) is 11.8 Å². The highest BCUT2D eigenvalue weighted by atomic mass is 35.5. The average Bonchev–Trinajstić information content (AvgIpc) is 2.28. The topological polar surface area (TPSA) is 73.7 Å². The van der Waals surface area contributed by atoms with Crippen LogP contribution in [0.1, 0.15) is 46.3 Å². The molecule has 5 nitrogen and oxygen atoms in total. The molecule has 0 bridgehead atoms. The molecule has 0 radical (unpaired) electrons. The van der Waals surface area contributed by atoms with Crippen LogP contribution in [0.4, 0.5) is 10.5 Å². The van der Waals surface area contributed by atoms with Gasteiger partial charge in [-0.25, -0.2) is 9.78 Å². The van der Waals surface area contributed by atoms with Crippen LogP contribution in [0.2, 0.25) is 5.15 Å². The van der Waals surface area contributed by atoms with E-state index in [9.17, 15) is 15.0 Å². The van der Waals surface area contributed by atoms with Crippen LogP contribution in [0, 0.1) is 5.92 Å². The van der Waals surface area contributed by atoms with Crippen LogP contribution in [0.15, 0.2) is 12.3 Å². The Kier molecular flexibility index (Phi) is 5.00. The third-order valence-corrected chi connectivity index (χ3v) is 3.22. The van der Waals surface area contributed by atoms with E-state index < -0.39 is 17.7 Å². The molecule has 112 valence electrons. The minimum Gasteiger partial charge on any atom is -0.465 e. The number of hydrogen-bond acceptors (Lipinski definition) is 3. The molecular weight excluding hydrogens is 280 g/mol. The largest absolute Gasteiger partial charge is 0.465 e. The lowest BCUT2D eigenvalue weighted by atomic mass is 9.96. The summed E-state index contributed by atoms with van der Waals surface area (Å²) in [6.07, 6.45) is -0.477. The highest BCUT2D eigenvalue weighted by Crippen LogP contribution is 2.38. The molecule has 0 aliphatic heterocycles. The third kappa shape index (κ3) is 3.41. The number of rotatable bonds is 3. The number of pyridine rings is 1. The van der Waals surface area contributed by atoms with Crippen molar-refractivity contribution in [2.24, 2.45) is 5.92 Å². The van der Waals surface area contributed by atoms with Crippen molar-refractivity contribution in [2.75, 3.05) is 4.90 Å². The number of carbonyl (C=O) groups is 1. The normalized spacial score (nSPS) is 13.4. The van der Waals surface area contributed by atoms with Crippen molar-refractivity contribution in [2.45, 2.75) is 46.3 Å². The van der Waals surface area contributed by atoms with E-state index in [4.69, 9.17) is 11.6 Å². The number of aromatic nitrogens is 1. The molecule has 0 spiro atoms. The van der Waals surface area contributed by atoms with E-state index in [1.807, 2.05) is 13.8 Å². The maximum Gasteiger partial charge on any atom is 0.412 e. The Bertz CT molecular complexity index is 498. The highest BCUT2D eigenvalue weighted by molar-refractivity contribution is 6.32. The Morgan fingerprint density at radius 1 is 1.40 bits per heavy atom. The smallest absolute Gasteiger partial charge is 0.412 e. The van der Waals surface area contributed by atoms with Crippen molar-refractivity contribution < 1.29 is 15.0 Å². The first-order chi connectivity index (χ1) is 9.07. The fourth-order valence-corrected chi connectivity index (χ4v) is 2.23. The molecule has 1 amide bonds. The fourth-order valence-electron chi connectivity index (χ4n) is 1.98. The van der Waals surface area contributed by atoms with Crippen molar-refractivity contribution >= 4 is 23.4 Å². The number of nitrogens with zero attached hydrogens (tertiary/aromatic N) is 2. The van der Waals surface area contributed by atoms with Gasteiger partial charge < -0.3 is 10.2 Å². The summed E-state index contributed by atoms with van der Waals surface area (Å²) >= 11 is 6.10. The molecule has 0 fully saturated rings. The summed E-state index contributed by atoms with van der Waals surface area (Å²) in [5, 5.41) is 19.9. The van der Waals surface area contributed by atoms with Gasteiger partial charge in [-0.05, 0) is 32.8 Å². The van der Waals surface area contributed by atoms with Crippen molar-refractivity contribution in [3.8, 4) is 0 Å². The van der Waals surface area contributed by atoms with E-state index in [0.29, 0.717) is 5.56 Å². The molecule has 0 saturated heterocycles. The molecule has 1 atom stereocenters. The standard InChI is InChI=1S/C14H21ClN2O3/c1-8(2)11(18)9-6-7-16-12(15)10(9)17(13(19)20)14(3,4)5/h6-8,11,18H,1-5H3,(H,19,20). The van der Waals surface area contributed by atoms with E-state index in [1.54, 1.807) is 26.8 Å². The van der Waals surface area contributed by atoms with Gasteiger partial charge in [0.15, 0.2) is 5.15 Å². The third-order valence-electron chi connectivity index (χ3n) is 2.95. The van der Waals surface area contributed by atoms with Gasteiger partial charge in [-0.3, -0.25) is 4.90 Å². The average molecular weight is 301 g/mol. The summed E-state index contributed by atoms with van der Waals surface area (Å²) in [4.78, 5) is 16.7. The molecule has 0 saturated carbocycles. The first-order valence-corrected chi connectivity index (χ1v) is 6.80. The molecule has 0 aromatic carbocycles. The fraction of sp³-hybridized carbons (Fsp3) is 0.571. The Morgan fingerprint density at radius 2 is 1.95 bits per heavy atom. The Labute approximate surface area is 124 Å². The van der Waals surface area contributed by atoms with Gasteiger partial charge in [0.2, 0.25) is 0 Å². The van der Waals surface area contributed by atoms with Gasteiger partial charge in [-0.1, -0.05) is 25.4 Å². The SMILES string of the molecule is CC(C)C(O)c1ccnc(Cl)c1N(C(=O)O)C(C)(C)C. The van der Waals surface area contributed by atoms with Gasteiger partial charge in [-0.2, -0.15) is 0 Å². The maximum atomic E-state index is 11.6. The summed E-state index contributed by atoms with van der Waals surface area (Å²) in [6, 6.07) is 1.60. The molecule has 1 aromatic heterocycles. The van der Waals surface area contributed by atoms with Crippen LogP contribution in [0.5, 0.6) is 0 Å². The second-order valence-electron chi connectivity index (χ2n) is 6.02. The van der Waals surface area contributed by atoms with Crippen molar-refractivity contribution in [3.63, 3.8) is 0 Å². The minimum absolute atomic E-state index is 0.0668. The van der Waals surface area contributed by atoms with E-state index in [2.05, 4.69) is 4.98 Å². The molecule has 0 aliphatic rings. The molecule has 1 unspecified atom stereocenters. The maximum absolute atomic E-state index is 11.6. The Balaban J connectivity index is 3.53. The number of amides is 1. The van der Waals surface area contributed by atoms with Crippen LogP contribution in [0.3, 0.4) is 0 Å². The number of hydrogen-bond donors (Lipinski definition) is 2. The molecular formula is C14H21ClN2O3. The zero-order valence-electron chi connectivity index (χ0n) is 12.4. The predicted molar refractivity (Wildman–Crippen MR) is 79.3 cm³/mol. The van der Waals surface area contributed by atoms with Crippen LogP contribution >= 0.6 is 11.6 Å². The lowest BCUT2D eigenvalue weighted by Crippen LogP contribution is -2.46. The number of aliphatic hydroxyl groups is 1. The predicted octanol–water partition coefficient (Wildman–Crippen LogP) is 3.71. The van der Waals surface area contributed by atoms with E-state index in [0.717, 1.165) is 4.90 Å².